The molecule has 0 saturated carbocycles. The van der Waals surface area contributed by atoms with Crippen molar-refractivity contribution in [2.24, 2.45) is 0 Å². The van der Waals surface area contributed by atoms with Gasteiger partial charge in [0.2, 0.25) is 0 Å². The molecule has 1 heteroatoms. The molecule has 1 aliphatic rings. The lowest BCUT2D eigenvalue weighted by atomic mass is 9.93. The van der Waals surface area contributed by atoms with E-state index in [9.17, 15) is 0 Å². The van der Waals surface area contributed by atoms with E-state index < -0.39 is 0 Å². The van der Waals surface area contributed by atoms with Crippen molar-refractivity contribution in [3.8, 4) is 0 Å². The lowest BCUT2D eigenvalue weighted by Crippen LogP contribution is -1.94. The van der Waals surface area contributed by atoms with Crippen molar-refractivity contribution < 1.29 is 0 Å². The molecule has 0 nitrogen and oxygen atoms in total. The van der Waals surface area contributed by atoms with Crippen LogP contribution in [-0.2, 0) is 0 Å². The van der Waals surface area contributed by atoms with Crippen LogP contribution < -0.4 is 0 Å². The smallest absolute Gasteiger partial charge is 0.0451 e. The lowest BCUT2D eigenvalue weighted by molar-refractivity contribution is 1.05. The average molecular weight is 227 g/mol. The second kappa shape index (κ2) is 3.80. The van der Waals surface area contributed by atoms with Gasteiger partial charge in [-0.15, -0.1) is 0 Å². The van der Waals surface area contributed by atoms with Crippen LogP contribution in [0.15, 0.2) is 60.7 Å². The molecule has 2 aromatic carbocycles. The summed E-state index contributed by atoms with van der Waals surface area (Å²) < 4.78 is 0. The van der Waals surface area contributed by atoms with E-state index in [1.807, 2.05) is 12.1 Å². The van der Waals surface area contributed by atoms with Crippen molar-refractivity contribution in [2.75, 3.05) is 0 Å². The maximum absolute atomic E-state index is 6.25. The van der Waals surface area contributed by atoms with Crippen LogP contribution >= 0.6 is 11.6 Å². The van der Waals surface area contributed by atoms with Crippen molar-refractivity contribution in [1.29, 1.82) is 0 Å². The van der Waals surface area contributed by atoms with Gasteiger partial charge in [-0.3, -0.25) is 0 Å². The fraction of sp³-hybridized carbons (Fsp3) is 0.0667. The van der Waals surface area contributed by atoms with Crippen LogP contribution in [-0.4, -0.2) is 0 Å². The van der Waals surface area contributed by atoms with Crippen LogP contribution in [0.1, 0.15) is 22.6 Å². The van der Waals surface area contributed by atoms with Crippen LogP contribution in [0.2, 0.25) is 0 Å². The first-order valence-corrected chi connectivity index (χ1v) is 5.75. The monoisotopic (exact) mass is 226 g/mol. The van der Waals surface area contributed by atoms with Gasteiger partial charge in [0.1, 0.15) is 0 Å². The Hall–Kier alpha value is -1.53. The number of halogens is 1. The maximum atomic E-state index is 6.25. The van der Waals surface area contributed by atoms with Gasteiger partial charge in [-0.05, 0) is 16.7 Å². The Kier molecular flexibility index (Phi) is 2.30. The van der Waals surface area contributed by atoms with Crippen LogP contribution in [0.3, 0.4) is 0 Å². The molecule has 0 radical (unpaired) electrons. The zero-order valence-electron chi connectivity index (χ0n) is 8.73. The molecule has 0 heterocycles. The van der Waals surface area contributed by atoms with E-state index in [1.165, 1.54) is 11.1 Å². The molecule has 0 bridgehead atoms. The van der Waals surface area contributed by atoms with Crippen molar-refractivity contribution in [3.63, 3.8) is 0 Å². The third-order valence-corrected chi connectivity index (χ3v) is 3.35. The summed E-state index contributed by atoms with van der Waals surface area (Å²) in [5, 5.41) is 0.865. The third kappa shape index (κ3) is 1.46. The average Bonchev–Trinajstić information content (AvgIpc) is 2.69. The third-order valence-electron chi connectivity index (χ3n) is 3.02. The van der Waals surface area contributed by atoms with Gasteiger partial charge < -0.3 is 0 Å². The summed E-state index contributed by atoms with van der Waals surface area (Å²) in [6.45, 7) is 0. The van der Waals surface area contributed by atoms with Crippen LogP contribution in [0.5, 0.6) is 0 Å². The predicted octanol–water partition coefficient (Wildman–Crippen LogP) is 4.41. The highest BCUT2D eigenvalue weighted by Gasteiger charge is 2.22. The summed E-state index contributed by atoms with van der Waals surface area (Å²) in [6.07, 6.45) is 2.13. The zero-order valence-corrected chi connectivity index (χ0v) is 9.48. The minimum Gasteiger partial charge on any atom is -0.0840 e. The zero-order chi connectivity index (χ0) is 11.0. The molecule has 0 fully saturated rings. The van der Waals surface area contributed by atoms with Gasteiger partial charge in [0, 0.05) is 11.0 Å². The predicted molar refractivity (Wildman–Crippen MR) is 68.6 cm³/mol. The van der Waals surface area contributed by atoms with Crippen LogP contribution in [0.25, 0.3) is 5.03 Å². The number of hydrogen-bond donors (Lipinski definition) is 0. The summed E-state index contributed by atoms with van der Waals surface area (Å²) in [5.41, 5.74) is 3.77. The molecular weight excluding hydrogens is 216 g/mol. The first-order valence-electron chi connectivity index (χ1n) is 5.38. The molecule has 1 atom stereocenters. The van der Waals surface area contributed by atoms with E-state index in [-0.39, 0.29) is 0 Å². The molecule has 0 amide bonds. The highest BCUT2D eigenvalue weighted by atomic mass is 35.5. The highest BCUT2D eigenvalue weighted by Crippen LogP contribution is 2.41. The summed E-state index contributed by atoms with van der Waals surface area (Å²) in [4.78, 5) is 0. The quantitative estimate of drug-likeness (QED) is 0.676. The molecule has 3 rings (SSSR count). The number of benzene rings is 2. The van der Waals surface area contributed by atoms with E-state index in [2.05, 4.69) is 48.5 Å². The Morgan fingerprint density at radius 2 is 1.50 bits per heavy atom. The van der Waals surface area contributed by atoms with E-state index in [4.69, 9.17) is 11.6 Å². The molecule has 78 valence electrons. The second-order valence-electron chi connectivity index (χ2n) is 3.99. The fourth-order valence-electron chi connectivity index (χ4n) is 2.25. The first kappa shape index (κ1) is 9.68. The Labute approximate surface area is 100 Å². The fourth-order valence-corrected chi connectivity index (χ4v) is 2.55. The van der Waals surface area contributed by atoms with Crippen molar-refractivity contribution in [2.45, 2.75) is 5.92 Å². The van der Waals surface area contributed by atoms with E-state index in [1.54, 1.807) is 0 Å². The van der Waals surface area contributed by atoms with Gasteiger partial charge in [0.25, 0.3) is 0 Å². The first-order chi connectivity index (χ1) is 7.86. The molecule has 0 aromatic heterocycles. The van der Waals surface area contributed by atoms with E-state index >= 15 is 0 Å². The lowest BCUT2D eigenvalue weighted by Gasteiger charge is -2.10. The van der Waals surface area contributed by atoms with Gasteiger partial charge in [-0.25, -0.2) is 0 Å². The Bertz CT molecular complexity index is 540. The Balaban J connectivity index is 2.13. The van der Waals surface area contributed by atoms with E-state index in [0.717, 1.165) is 10.6 Å². The Morgan fingerprint density at radius 1 is 0.812 bits per heavy atom. The SMILES string of the molecule is ClC1=CC(c2ccccc2)c2ccccc21. The van der Waals surface area contributed by atoms with Crippen molar-refractivity contribution in [3.05, 3.63) is 77.4 Å². The Morgan fingerprint density at radius 3 is 2.31 bits per heavy atom. The van der Waals surface area contributed by atoms with Gasteiger partial charge in [0.15, 0.2) is 0 Å². The number of rotatable bonds is 1. The molecule has 1 unspecified atom stereocenters. The van der Waals surface area contributed by atoms with Gasteiger partial charge in [-0.1, -0.05) is 72.3 Å². The molecular formula is C15H11Cl. The summed E-state index contributed by atoms with van der Waals surface area (Å²) in [7, 11) is 0. The summed E-state index contributed by atoms with van der Waals surface area (Å²) in [5.74, 6) is 0.310. The number of hydrogen-bond acceptors (Lipinski definition) is 0. The van der Waals surface area contributed by atoms with E-state index in [0.29, 0.717) is 5.92 Å². The van der Waals surface area contributed by atoms with Gasteiger partial charge in [-0.2, -0.15) is 0 Å². The van der Waals surface area contributed by atoms with Crippen LogP contribution in [0, 0.1) is 0 Å². The normalized spacial score (nSPS) is 18.1. The molecule has 0 N–H and O–H groups in total. The highest BCUT2D eigenvalue weighted by molar-refractivity contribution is 6.49. The summed E-state index contributed by atoms with van der Waals surface area (Å²) in [6, 6.07) is 18.8. The number of fused-ring (bicyclic) bond motifs is 1. The molecule has 0 aliphatic heterocycles. The second-order valence-corrected chi connectivity index (χ2v) is 4.40. The largest absolute Gasteiger partial charge is 0.0840 e. The standard InChI is InChI=1S/C15H11Cl/c16-15-10-14(11-6-2-1-3-7-11)12-8-4-5-9-13(12)15/h1-10,14H. The van der Waals surface area contributed by atoms with Crippen molar-refractivity contribution >= 4 is 16.6 Å². The van der Waals surface area contributed by atoms with Crippen molar-refractivity contribution in [1.82, 2.24) is 0 Å². The molecule has 2 aromatic rings. The minimum atomic E-state index is 0.310. The topological polar surface area (TPSA) is 0 Å². The minimum absolute atomic E-state index is 0.310. The summed E-state index contributed by atoms with van der Waals surface area (Å²) >= 11 is 6.25. The number of allylic oxidation sites excluding steroid dienone is 1. The molecule has 0 spiro atoms. The molecule has 16 heavy (non-hydrogen) atoms. The molecule has 0 saturated heterocycles. The maximum Gasteiger partial charge on any atom is 0.0451 e. The van der Waals surface area contributed by atoms with Gasteiger partial charge in [0.05, 0.1) is 0 Å². The van der Waals surface area contributed by atoms with Crippen LogP contribution in [0.4, 0.5) is 0 Å². The molecule has 1 aliphatic carbocycles. The van der Waals surface area contributed by atoms with Gasteiger partial charge >= 0.3 is 0 Å².